The molecular weight excluding hydrogens is 308 g/mol. The van der Waals surface area contributed by atoms with Gasteiger partial charge in [0.05, 0.1) is 23.8 Å². The van der Waals surface area contributed by atoms with Gasteiger partial charge in [0.1, 0.15) is 18.3 Å². The molecule has 2 aromatic heterocycles. The fourth-order valence-electron chi connectivity index (χ4n) is 2.14. The lowest BCUT2D eigenvalue weighted by atomic mass is 10.2. The number of rotatable bonds is 4. The van der Waals surface area contributed by atoms with Crippen molar-refractivity contribution in [2.45, 2.75) is 6.54 Å². The van der Waals surface area contributed by atoms with Crippen LogP contribution in [0.2, 0.25) is 0 Å². The number of aromatic nitrogens is 2. The minimum absolute atomic E-state index is 0.204. The Morgan fingerprint density at radius 1 is 1.29 bits per heavy atom. The van der Waals surface area contributed by atoms with E-state index in [-0.39, 0.29) is 12.1 Å². The van der Waals surface area contributed by atoms with Crippen LogP contribution in [0, 0.1) is 11.3 Å². The number of hydrogen-bond donors (Lipinski definition) is 1. The molecule has 0 atom stereocenters. The number of para-hydroxylation sites is 1. The monoisotopic (exact) mass is 320 g/mol. The molecule has 0 aliphatic carbocycles. The molecule has 0 fully saturated rings. The lowest BCUT2D eigenvalue weighted by molar-refractivity contribution is -0.116. The van der Waals surface area contributed by atoms with Crippen molar-refractivity contribution in [3.05, 3.63) is 71.0 Å². The zero-order valence-electron chi connectivity index (χ0n) is 12.5. The van der Waals surface area contributed by atoms with Gasteiger partial charge < -0.3 is 9.73 Å². The molecule has 118 valence electrons. The highest BCUT2D eigenvalue weighted by molar-refractivity contribution is 5.91. The smallest absolute Gasteiger partial charge is 0.254 e. The Kier molecular flexibility index (Phi) is 4.21. The van der Waals surface area contributed by atoms with Crippen molar-refractivity contribution in [1.29, 1.82) is 5.26 Å². The first kappa shape index (κ1) is 15.2. The van der Waals surface area contributed by atoms with Gasteiger partial charge in [0.2, 0.25) is 5.91 Å². The number of nitrogens with zero attached hydrogens (tertiary/aromatic N) is 3. The molecule has 1 aromatic carbocycles. The maximum atomic E-state index is 12.1. The Hall–Kier alpha value is -3.66. The SMILES string of the molecule is N#Cc1ccccc1NC(=O)Cn1cnc(-c2ccco2)cc1=O. The molecule has 7 heteroatoms. The fourth-order valence-corrected chi connectivity index (χ4v) is 2.14. The van der Waals surface area contributed by atoms with Crippen LogP contribution in [0.1, 0.15) is 5.56 Å². The first-order valence-corrected chi connectivity index (χ1v) is 7.07. The average molecular weight is 320 g/mol. The quantitative estimate of drug-likeness (QED) is 0.792. The predicted molar refractivity (Wildman–Crippen MR) is 86.0 cm³/mol. The molecule has 24 heavy (non-hydrogen) atoms. The molecular formula is C17H12N4O3. The molecule has 0 saturated heterocycles. The molecule has 0 spiro atoms. The maximum absolute atomic E-state index is 12.1. The number of hydrogen-bond acceptors (Lipinski definition) is 5. The zero-order chi connectivity index (χ0) is 16.9. The summed E-state index contributed by atoms with van der Waals surface area (Å²) in [5.41, 5.74) is 0.777. The molecule has 1 amide bonds. The predicted octanol–water partition coefficient (Wildman–Crippen LogP) is 2.01. The molecule has 7 nitrogen and oxygen atoms in total. The van der Waals surface area contributed by atoms with Crippen molar-refractivity contribution < 1.29 is 9.21 Å². The molecule has 0 aliphatic rings. The summed E-state index contributed by atoms with van der Waals surface area (Å²) < 4.78 is 6.36. The number of anilines is 1. The van der Waals surface area contributed by atoms with Gasteiger partial charge >= 0.3 is 0 Å². The van der Waals surface area contributed by atoms with Crippen LogP contribution in [0.5, 0.6) is 0 Å². The molecule has 3 rings (SSSR count). The number of carbonyl (C=O) groups is 1. The summed E-state index contributed by atoms with van der Waals surface area (Å²) in [6.07, 6.45) is 2.78. The Bertz CT molecular complexity index is 968. The summed E-state index contributed by atoms with van der Waals surface area (Å²) in [7, 11) is 0. The average Bonchev–Trinajstić information content (AvgIpc) is 3.12. The summed E-state index contributed by atoms with van der Waals surface area (Å²) in [5, 5.41) is 11.6. The minimum Gasteiger partial charge on any atom is -0.463 e. The standard InChI is InChI=1S/C17H12N4O3/c18-9-12-4-1-2-5-13(12)20-16(22)10-21-11-19-14(8-17(21)23)15-6-3-7-24-15/h1-8,11H,10H2,(H,20,22). The Morgan fingerprint density at radius 2 is 2.12 bits per heavy atom. The second kappa shape index (κ2) is 6.62. The normalized spacial score (nSPS) is 10.1. The second-order valence-electron chi connectivity index (χ2n) is 4.92. The van der Waals surface area contributed by atoms with E-state index in [1.165, 1.54) is 23.2 Å². The van der Waals surface area contributed by atoms with Crippen molar-refractivity contribution >= 4 is 11.6 Å². The first-order chi connectivity index (χ1) is 11.7. The van der Waals surface area contributed by atoms with Crippen LogP contribution in [-0.2, 0) is 11.3 Å². The second-order valence-corrected chi connectivity index (χ2v) is 4.92. The highest BCUT2D eigenvalue weighted by atomic mass is 16.3. The lowest BCUT2D eigenvalue weighted by Gasteiger charge is -2.08. The van der Waals surface area contributed by atoms with Crippen molar-refractivity contribution in [3.8, 4) is 17.5 Å². The van der Waals surface area contributed by atoms with Crippen LogP contribution in [-0.4, -0.2) is 15.5 Å². The van der Waals surface area contributed by atoms with Crippen LogP contribution in [0.15, 0.2) is 64.3 Å². The Labute approximate surface area is 136 Å². The van der Waals surface area contributed by atoms with E-state index in [4.69, 9.17) is 9.68 Å². The van der Waals surface area contributed by atoms with E-state index in [1.807, 2.05) is 6.07 Å². The van der Waals surface area contributed by atoms with Crippen LogP contribution in [0.4, 0.5) is 5.69 Å². The van der Waals surface area contributed by atoms with Gasteiger partial charge in [0.15, 0.2) is 5.76 Å². The molecule has 0 saturated carbocycles. The topological polar surface area (TPSA) is 101 Å². The number of furan rings is 1. The lowest BCUT2D eigenvalue weighted by Crippen LogP contribution is -2.27. The van der Waals surface area contributed by atoms with E-state index >= 15 is 0 Å². The molecule has 2 heterocycles. The summed E-state index contributed by atoms with van der Waals surface area (Å²) in [6.45, 7) is -0.204. The summed E-state index contributed by atoms with van der Waals surface area (Å²) in [5.74, 6) is 0.0546. The summed E-state index contributed by atoms with van der Waals surface area (Å²) in [4.78, 5) is 28.3. The van der Waals surface area contributed by atoms with Gasteiger partial charge in [0, 0.05) is 6.07 Å². The Balaban J connectivity index is 1.75. The third-order valence-electron chi connectivity index (χ3n) is 3.29. The van der Waals surface area contributed by atoms with Gasteiger partial charge in [-0.15, -0.1) is 0 Å². The summed E-state index contributed by atoms with van der Waals surface area (Å²) in [6, 6.07) is 13.3. The van der Waals surface area contributed by atoms with Gasteiger partial charge in [-0.2, -0.15) is 5.26 Å². The van der Waals surface area contributed by atoms with E-state index in [2.05, 4.69) is 10.3 Å². The number of amides is 1. The number of nitriles is 1. The summed E-state index contributed by atoms with van der Waals surface area (Å²) >= 11 is 0. The third-order valence-corrected chi connectivity index (χ3v) is 3.29. The van der Waals surface area contributed by atoms with Crippen LogP contribution in [0.25, 0.3) is 11.5 Å². The highest BCUT2D eigenvalue weighted by Crippen LogP contribution is 2.15. The van der Waals surface area contributed by atoms with Crippen molar-refractivity contribution in [2.24, 2.45) is 0 Å². The Morgan fingerprint density at radius 3 is 2.83 bits per heavy atom. The first-order valence-electron chi connectivity index (χ1n) is 7.07. The van der Waals surface area contributed by atoms with Crippen LogP contribution < -0.4 is 10.9 Å². The molecule has 1 N–H and O–H groups in total. The van der Waals surface area contributed by atoms with E-state index in [0.29, 0.717) is 22.7 Å². The van der Waals surface area contributed by atoms with Gasteiger partial charge in [-0.1, -0.05) is 12.1 Å². The highest BCUT2D eigenvalue weighted by Gasteiger charge is 2.10. The van der Waals surface area contributed by atoms with Gasteiger partial charge in [0.25, 0.3) is 5.56 Å². The molecule has 0 radical (unpaired) electrons. The van der Waals surface area contributed by atoms with E-state index in [1.54, 1.807) is 36.4 Å². The van der Waals surface area contributed by atoms with Crippen molar-refractivity contribution in [1.82, 2.24) is 9.55 Å². The zero-order valence-corrected chi connectivity index (χ0v) is 12.5. The van der Waals surface area contributed by atoms with Gasteiger partial charge in [-0.3, -0.25) is 14.2 Å². The minimum atomic E-state index is -0.424. The number of benzene rings is 1. The van der Waals surface area contributed by atoms with Crippen LogP contribution >= 0.6 is 0 Å². The largest absolute Gasteiger partial charge is 0.463 e. The van der Waals surface area contributed by atoms with Gasteiger partial charge in [-0.25, -0.2) is 4.98 Å². The number of carbonyl (C=O) groups excluding carboxylic acids is 1. The van der Waals surface area contributed by atoms with E-state index < -0.39 is 5.91 Å². The molecule has 0 bridgehead atoms. The van der Waals surface area contributed by atoms with Crippen molar-refractivity contribution in [2.75, 3.05) is 5.32 Å². The number of nitrogens with one attached hydrogen (secondary N) is 1. The van der Waals surface area contributed by atoms with Crippen LogP contribution in [0.3, 0.4) is 0 Å². The molecule has 3 aromatic rings. The van der Waals surface area contributed by atoms with E-state index in [9.17, 15) is 9.59 Å². The van der Waals surface area contributed by atoms with E-state index in [0.717, 1.165) is 0 Å². The van der Waals surface area contributed by atoms with Gasteiger partial charge in [-0.05, 0) is 24.3 Å². The maximum Gasteiger partial charge on any atom is 0.254 e. The third kappa shape index (κ3) is 3.23. The molecule has 0 aliphatic heterocycles. The van der Waals surface area contributed by atoms with Crippen molar-refractivity contribution in [3.63, 3.8) is 0 Å². The fraction of sp³-hybridized carbons (Fsp3) is 0.0588. The molecule has 0 unspecified atom stereocenters.